The number of carbonyl (C=O) groups excluding carboxylic acids is 2. The lowest BCUT2D eigenvalue weighted by Gasteiger charge is -2.09. The summed E-state index contributed by atoms with van der Waals surface area (Å²) in [5.74, 6) is 0.587. The molecule has 0 aliphatic heterocycles. The number of rotatable bonds is 6. The molecule has 0 atom stereocenters. The molecule has 0 spiro atoms. The Balaban J connectivity index is 2.05. The van der Waals surface area contributed by atoms with Crippen molar-refractivity contribution in [2.75, 3.05) is 13.1 Å². The molecule has 1 fully saturated rings. The van der Waals surface area contributed by atoms with E-state index in [0.717, 1.165) is 5.57 Å². The van der Waals surface area contributed by atoms with Crippen LogP contribution in [-0.4, -0.2) is 24.9 Å². The molecule has 102 valence electrons. The third kappa shape index (κ3) is 6.42. The predicted octanol–water partition coefficient (Wildman–Crippen LogP) is 1.77. The number of allylic oxidation sites excluding steroid dienone is 1. The molecular formula is C14H24N2O2. The van der Waals surface area contributed by atoms with Crippen molar-refractivity contribution in [1.29, 1.82) is 0 Å². The van der Waals surface area contributed by atoms with Crippen molar-refractivity contribution in [2.45, 2.75) is 46.0 Å². The van der Waals surface area contributed by atoms with Crippen LogP contribution < -0.4 is 10.6 Å². The molecule has 18 heavy (non-hydrogen) atoms. The summed E-state index contributed by atoms with van der Waals surface area (Å²) in [4.78, 5) is 22.9. The van der Waals surface area contributed by atoms with E-state index in [4.69, 9.17) is 0 Å². The van der Waals surface area contributed by atoms with Crippen molar-refractivity contribution < 1.29 is 9.59 Å². The summed E-state index contributed by atoms with van der Waals surface area (Å²) in [6.45, 7) is 4.75. The van der Waals surface area contributed by atoms with Crippen LogP contribution in [0.2, 0.25) is 0 Å². The third-order valence-electron chi connectivity index (χ3n) is 3.11. The highest BCUT2D eigenvalue weighted by Gasteiger charge is 2.17. The zero-order valence-corrected chi connectivity index (χ0v) is 11.4. The minimum absolute atomic E-state index is 0.0972. The standard InChI is InChI=1S/C14H24N2O2/c1-11(2)9-13(17)15-7-8-16-14(18)10-12-5-3-4-6-12/h9,12H,3-8,10H2,1-2H3,(H,15,17)(H,16,18). The molecule has 2 N–H and O–H groups in total. The molecule has 0 bridgehead atoms. The largest absolute Gasteiger partial charge is 0.354 e. The minimum Gasteiger partial charge on any atom is -0.354 e. The van der Waals surface area contributed by atoms with Gasteiger partial charge in [-0.25, -0.2) is 0 Å². The van der Waals surface area contributed by atoms with Gasteiger partial charge in [-0.15, -0.1) is 0 Å². The fourth-order valence-corrected chi connectivity index (χ4v) is 2.25. The lowest BCUT2D eigenvalue weighted by Crippen LogP contribution is -2.34. The topological polar surface area (TPSA) is 58.2 Å². The normalized spacial score (nSPS) is 15.2. The summed E-state index contributed by atoms with van der Waals surface area (Å²) in [7, 11) is 0. The molecule has 0 aromatic heterocycles. The third-order valence-corrected chi connectivity index (χ3v) is 3.11. The predicted molar refractivity (Wildman–Crippen MR) is 72.0 cm³/mol. The fourth-order valence-electron chi connectivity index (χ4n) is 2.25. The van der Waals surface area contributed by atoms with Crippen LogP contribution in [0.15, 0.2) is 11.6 Å². The van der Waals surface area contributed by atoms with Crippen LogP contribution in [-0.2, 0) is 9.59 Å². The van der Waals surface area contributed by atoms with Gasteiger partial charge in [-0.05, 0) is 32.6 Å². The average molecular weight is 252 g/mol. The van der Waals surface area contributed by atoms with Gasteiger partial charge < -0.3 is 10.6 Å². The Kier molecular flexibility index (Phi) is 6.47. The van der Waals surface area contributed by atoms with Gasteiger partial charge in [0.2, 0.25) is 11.8 Å². The van der Waals surface area contributed by atoms with E-state index in [2.05, 4.69) is 10.6 Å². The van der Waals surface area contributed by atoms with E-state index in [9.17, 15) is 9.59 Å². The highest BCUT2D eigenvalue weighted by Crippen LogP contribution is 2.27. The number of carbonyl (C=O) groups is 2. The van der Waals surface area contributed by atoms with E-state index in [1.54, 1.807) is 6.08 Å². The molecular weight excluding hydrogens is 228 g/mol. The van der Waals surface area contributed by atoms with Gasteiger partial charge in [0.15, 0.2) is 0 Å². The van der Waals surface area contributed by atoms with Gasteiger partial charge in [0.05, 0.1) is 0 Å². The van der Waals surface area contributed by atoms with Crippen molar-refractivity contribution in [1.82, 2.24) is 10.6 Å². The summed E-state index contributed by atoms with van der Waals surface area (Å²) in [5.41, 5.74) is 0.970. The second kappa shape index (κ2) is 7.90. The molecule has 4 nitrogen and oxygen atoms in total. The first kappa shape index (κ1) is 14.7. The molecule has 0 heterocycles. The Morgan fingerprint density at radius 2 is 1.72 bits per heavy atom. The number of hydrogen-bond acceptors (Lipinski definition) is 2. The highest BCUT2D eigenvalue weighted by atomic mass is 16.2. The van der Waals surface area contributed by atoms with Crippen molar-refractivity contribution >= 4 is 11.8 Å². The smallest absolute Gasteiger partial charge is 0.243 e. The molecule has 1 aliphatic rings. The maximum Gasteiger partial charge on any atom is 0.243 e. The van der Waals surface area contributed by atoms with E-state index in [-0.39, 0.29) is 11.8 Å². The Morgan fingerprint density at radius 3 is 2.33 bits per heavy atom. The second-order valence-corrected chi connectivity index (χ2v) is 5.22. The first-order chi connectivity index (χ1) is 8.58. The first-order valence-electron chi connectivity index (χ1n) is 6.77. The minimum atomic E-state index is -0.0972. The molecule has 0 aromatic rings. The van der Waals surface area contributed by atoms with E-state index >= 15 is 0 Å². The SMILES string of the molecule is CC(C)=CC(=O)NCCNC(=O)CC1CCCC1. The van der Waals surface area contributed by atoms with Crippen LogP contribution >= 0.6 is 0 Å². The van der Waals surface area contributed by atoms with Crippen LogP contribution in [0, 0.1) is 5.92 Å². The summed E-state index contributed by atoms with van der Waals surface area (Å²) in [6.07, 6.45) is 7.09. The van der Waals surface area contributed by atoms with E-state index in [1.807, 2.05) is 13.8 Å². The summed E-state index contributed by atoms with van der Waals surface area (Å²) in [5, 5.41) is 5.58. The number of nitrogens with one attached hydrogen (secondary N) is 2. The van der Waals surface area contributed by atoms with Crippen LogP contribution in [0.5, 0.6) is 0 Å². The van der Waals surface area contributed by atoms with Gasteiger partial charge in [-0.2, -0.15) is 0 Å². The van der Waals surface area contributed by atoms with Crippen LogP contribution in [0.25, 0.3) is 0 Å². The Bertz CT molecular complexity index is 314. The van der Waals surface area contributed by atoms with Crippen LogP contribution in [0.3, 0.4) is 0 Å². The summed E-state index contributed by atoms with van der Waals surface area (Å²) >= 11 is 0. The van der Waals surface area contributed by atoms with E-state index in [1.165, 1.54) is 25.7 Å². The van der Waals surface area contributed by atoms with Crippen molar-refractivity contribution in [3.63, 3.8) is 0 Å². The monoisotopic (exact) mass is 252 g/mol. The molecule has 0 unspecified atom stereocenters. The fraction of sp³-hybridized carbons (Fsp3) is 0.714. The molecule has 0 radical (unpaired) electrons. The molecule has 1 rings (SSSR count). The molecule has 0 saturated heterocycles. The molecule has 1 aliphatic carbocycles. The van der Waals surface area contributed by atoms with Crippen LogP contribution in [0.1, 0.15) is 46.0 Å². The van der Waals surface area contributed by atoms with Gasteiger partial charge in [-0.3, -0.25) is 9.59 Å². The first-order valence-corrected chi connectivity index (χ1v) is 6.77. The average Bonchev–Trinajstić information content (AvgIpc) is 2.76. The quantitative estimate of drug-likeness (QED) is 0.559. The zero-order chi connectivity index (χ0) is 13.4. The van der Waals surface area contributed by atoms with Crippen molar-refractivity contribution in [3.8, 4) is 0 Å². The Hall–Kier alpha value is -1.32. The lowest BCUT2D eigenvalue weighted by molar-refractivity contribution is -0.122. The summed E-state index contributed by atoms with van der Waals surface area (Å²) < 4.78 is 0. The van der Waals surface area contributed by atoms with E-state index < -0.39 is 0 Å². The number of hydrogen-bond donors (Lipinski definition) is 2. The Labute approximate surface area is 109 Å². The molecule has 0 aromatic carbocycles. The molecule has 2 amide bonds. The summed E-state index contributed by atoms with van der Waals surface area (Å²) in [6, 6.07) is 0. The molecule has 4 heteroatoms. The highest BCUT2D eigenvalue weighted by molar-refractivity contribution is 5.88. The molecule has 1 saturated carbocycles. The van der Waals surface area contributed by atoms with Gasteiger partial charge >= 0.3 is 0 Å². The van der Waals surface area contributed by atoms with Gasteiger partial charge in [0.1, 0.15) is 0 Å². The maximum absolute atomic E-state index is 11.6. The lowest BCUT2D eigenvalue weighted by atomic mass is 10.0. The van der Waals surface area contributed by atoms with Crippen LogP contribution in [0.4, 0.5) is 0 Å². The van der Waals surface area contributed by atoms with Crippen molar-refractivity contribution in [2.24, 2.45) is 5.92 Å². The maximum atomic E-state index is 11.6. The second-order valence-electron chi connectivity index (χ2n) is 5.22. The Morgan fingerprint density at radius 1 is 1.11 bits per heavy atom. The zero-order valence-electron chi connectivity index (χ0n) is 11.4. The van der Waals surface area contributed by atoms with Gasteiger partial charge in [0.25, 0.3) is 0 Å². The van der Waals surface area contributed by atoms with Crippen molar-refractivity contribution in [3.05, 3.63) is 11.6 Å². The van der Waals surface area contributed by atoms with Gasteiger partial charge in [-0.1, -0.05) is 18.4 Å². The van der Waals surface area contributed by atoms with E-state index in [0.29, 0.717) is 25.4 Å². The number of amides is 2. The van der Waals surface area contributed by atoms with Gasteiger partial charge in [0, 0.05) is 25.6 Å².